The van der Waals surface area contributed by atoms with Gasteiger partial charge in [-0.2, -0.15) is 0 Å². The van der Waals surface area contributed by atoms with E-state index in [0.717, 1.165) is 42.3 Å². The number of likely N-dealkylation sites (tertiary alicyclic amines) is 1. The first-order chi connectivity index (χ1) is 16.0. The number of nitrogens with zero attached hydrogens (tertiary/aromatic N) is 1. The molecule has 4 atom stereocenters. The molecule has 172 valence electrons. The number of ether oxygens (including phenoxy) is 1. The zero-order valence-corrected chi connectivity index (χ0v) is 19.4. The summed E-state index contributed by atoms with van der Waals surface area (Å²) >= 11 is 0. The Morgan fingerprint density at radius 1 is 1.03 bits per heavy atom. The standard InChI is InChI=1S/C29H32FNO2/c1-19-13-14-31(17-19)20(2)18-33-26-10-5-22(6-11-26)29-27-12-9-25(32)15-23(27)16-28(29)21-3-7-24(30)8-4-21/h3-12,15,19-20,28-29,32H,13-14,16-18H2,1-2H3. The van der Waals surface area contributed by atoms with Crippen LogP contribution in [0.1, 0.15) is 54.4 Å². The Kier molecular flexibility index (Phi) is 6.11. The van der Waals surface area contributed by atoms with Gasteiger partial charge in [0.25, 0.3) is 0 Å². The monoisotopic (exact) mass is 445 g/mol. The van der Waals surface area contributed by atoms with Crippen LogP contribution in [0.15, 0.2) is 66.7 Å². The van der Waals surface area contributed by atoms with Crippen molar-refractivity contribution >= 4 is 0 Å². The molecule has 4 unspecified atom stereocenters. The summed E-state index contributed by atoms with van der Waals surface area (Å²) in [5.74, 6) is 2.09. The molecule has 0 saturated carbocycles. The minimum atomic E-state index is -0.220. The topological polar surface area (TPSA) is 32.7 Å². The van der Waals surface area contributed by atoms with E-state index in [9.17, 15) is 9.50 Å². The molecule has 2 aliphatic rings. The van der Waals surface area contributed by atoms with E-state index in [4.69, 9.17) is 4.74 Å². The third-order valence-electron chi connectivity index (χ3n) is 7.41. The van der Waals surface area contributed by atoms with Crippen LogP contribution in [0.5, 0.6) is 11.5 Å². The number of hydrogen-bond acceptors (Lipinski definition) is 3. The maximum atomic E-state index is 13.6. The first-order valence-corrected chi connectivity index (χ1v) is 12.0. The number of halogens is 1. The van der Waals surface area contributed by atoms with Gasteiger partial charge in [0, 0.05) is 18.5 Å². The molecule has 3 aromatic carbocycles. The molecule has 1 N–H and O–H groups in total. The fraction of sp³-hybridized carbons (Fsp3) is 0.379. The second-order valence-corrected chi connectivity index (χ2v) is 9.84. The van der Waals surface area contributed by atoms with Crippen molar-refractivity contribution < 1.29 is 14.2 Å². The summed E-state index contributed by atoms with van der Waals surface area (Å²) in [6.07, 6.45) is 2.10. The number of hydrogen-bond donors (Lipinski definition) is 1. The molecular weight excluding hydrogens is 413 g/mol. The Labute approximate surface area is 195 Å². The predicted molar refractivity (Wildman–Crippen MR) is 130 cm³/mol. The van der Waals surface area contributed by atoms with Gasteiger partial charge in [0.2, 0.25) is 0 Å². The minimum Gasteiger partial charge on any atom is -0.508 e. The van der Waals surface area contributed by atoms with Gasteiger partial charge in [-0.05, 0) is 96.8 Å². The van der Waals surface area contributed by atoms with Crippen LogP contribution in [0.4, 0.5) is 4.39 Å². The lowest BCUT2D eigenvalue weighted by Gasteiger charge is -2.24. The lowest BCUT2D eigenvalue weighted by atomic mass is 9.82. The van der Waals surface area contributed by atoms with Crippen LogP contribution in [0.3, 0.4) is 0 Å². The minimum absolute atomic E-state index is 0.158. The summed E-state index contributed by atoms with van der Waals surface area (Å²) in [4.78, 5) is 2.51. The van der Waals surface area contributed by atoms with Gasteiger partial charge in [0.1, 0.15) is 23.9 Å². The van der Waals surface area contributed by atoms with Crippen molar-refractivity contribution in [1.29, 1.82) is 0 Å². The highest BCUT2D eigenvalue weighted by molar-refractivity contribution is 5.51. The zero-order valence-electron chi connectivity index (χ0n) is 19.4. The van der Waals surface area contributed by atoms with E-state index in [1.165, 1.54) is 29.7 Å². The van der Waals surface area contributed by atoms with Gasteiger partial charge in [-0.15, -0.1) is 0 Å². The summed E-state index contributed by atoms with van der Waals surface area (Å²) in [6.45, 7) is 7.56. The molecule has 0 spiro atoms. The van der Waals surface area contributed by atoms with Gasteiger partial charge in [-0.25, -0.2) is 4.39 Å². The molecule has 1 aliphatic carbocycles. The van der Waals surface area contributed by atoms with Crippen LogP contribution < -0.4 is 4.74 Å². The van der Waals surface area contributed by atoms with Crippen molar-refractivity contribution in [3.8, 4) is 11.5 Å². The summed E-state index contributed by atoms with van der Waals surface area (Å²) in [7, 11) is 0. The number of phenolic OH excluding ortho intramolecular Hbond substituents is 1. The largest absolute Gasteiger partial charge is 0.508 e. The maximum absolute atomic E-state index is 13.6. The normalized spacial score (nSPS) is 23.4. The molecule has 1 aliphatic heterocycles. The predicted octanol–water partition coefficient (Wildman–Crippen LogP) is 6.11. The van der Waals surface area contributed by atoms with E-state index in [1.807, 2.05) is 24.3 Å². The highest BCUT2D eigenvalue weighted by atomic mass is 19.1. The van der Waals surface area contributed by atoms with Gasteiger partial charge in [-0.3, -0.25) is 4.90 Å². The number of phenols is 1. The molecule has 5 rings (SSSR count). The molecule has 33 heavy (non-hydrogen) atoms. The highest BCUT2D eigenvalue weighted by Crippen LogP contribution is 2.48. The first-order valence-electron chi connectivity index (χ1n) is 12.0. The van der Waals surface area contributed by atoms with E-state index in [2.05, 4.69) is 43.0 Å². The maximum Gasteiger partial charge on any atom is 0.123 e. The van der Waals surface area contributed by atoms with Crippen LogP contribution in [0.25, 0.3) is 0 Å². The lowest BCUT2D eigenvalue weighted by Crippen LogP contribution is -2.35. The average Bonchev–Trinajstić information content (AvgIpc) is 3.42. The van der Waals surface area contributed by atoms with Crippen LogP contribution >= 0.6 is 0 Å². The molecule has 4 heteroatoms. The molecule has 1 saturated heterocycles. The van der Waals surface area contributed by atoms with E-state index < -0.39 is 0 Å². The van der Waals surface area contributed by atoms with Crippen molar-refractivity contribution in [2.75, 3.05) is 19.7 Å². The number of fused-ring (bicyclic) bond motifs is 1. The van der Waals surface area contributed by atoms with Crippen LogP contribution in [0.2, 0.25) is 0 Å². The highest BCUT2D eigenvalue weighted by Gasteiger charge is 2.35. The molecule has 1 fully saturated rings. The summed E-state index contributed by atoms with van der Waals surface area (Å²) in [5, 5.41) is 10.0. The van der Waals surface area contributed by atoms with Crippen LogP contribution in [-0.2, 0) is 6.42 Å². The van der Waals surface area contributed by atoms with Crippen molar-refractivity contribution in [1.82, 2.24) is 4.90 Å². The van der Waals surface area contributed by atoms with Crippen LogP contribution in [0, 0.1) is 11.7 Å². The van der Waals surface area contributed by atoms with E-state index >= 15 is 0 Å². The number of benzene rings is 3. The summed E-state index contributed by atoms with van der Waals surface area (Å²) < 4.78 is 19.7. The summed E-state index contributed by atoms with van der Waals surface area (Å²) in [5.41, 5.74) is 4.71. The molecule has 0 aromatic heterocycles. The first kappa shape index (κ1) is 22.0. The second-order valence-electron chi connectivity index (χ2n) is 9.84. The molecule has 0 bridgehead atoms. The van der Waals surface area contributed by atoms with Crippen molar-refractivity contribution in [2.45, 2.75) is 44.6 Å². The Balaban J connectivity index is 1.35. The molecule has 0 amide bonds. The quantitative estimate of drug-likeness (QED) is 0.497. The third-order valence-corrected chi connectivity index (χ3v) is 7.41. The van der Waals surface area contributed by atoms with Gasteiger partial charge >= 0.3 is 0 Å². The Morgan fingerprint density at radius 3 is 2.45 bits per heavy atom. The summed E-state index contributed by atoms with van der Waals surface area (Å²) in [6, 6.07) is 21.3. The third kappa shape index (κ3) is 4.63. The Morgan fingerprint density at radius 2 is 1.76 bits per heavy atom. The average molecular weight is 446 g/mol. The SMILES string of the molecule is CC1CCN(C(C)COc2ccc(C3c4ccc(O)cc4CC3c3ccc(F)cc3)cc2)C1. The lowest BCUT2D eigenvalue weighted by molar-refractivity contribution is 0.169. The van der Waals surface area contributed by atoms with Crippen molar-refractivity contribution in [3.05, 3.63) is 94.8 Å². The van der Waals surface area contributed by atoms with Gasteiger partial charge < -0.3 is 9.84 Å². The van der Waals surface area contributed by atoms with E-state index in [0.29, 0.717) is 12.6 Å². The molecule has 3 nitrogen and oxygen atoms in total. The second kappa shape index (κ2) is 9.18. The van der Waals surface area contributed by atoms with Crippen molar-refractivity contribution in [3.63, 3.8) is 0 Å². The number of rotatable bonds is 6. The molecule has 1 heterocycles. The van der Waals surface area contributed by atoms with E-state index in [1.54, 1.807) is 6.07 Å². The van der Waals surface area contributed by atoms with Gasteiger partial charge in [0.05, 0.1) is 0 Å². The van der Waals surface area contributed by atoms with Gasteiger partial charge in [0.15, 0.2) is 0 Å². The smallest absolute Gasteiger partial charge is 0.123 e. The van der Waals surface area contributed by atoms with Gasteiger partial charge in [-0.1, -0.05) is 37.3 Å². The number of aromatic hydroxyl groups is 1. The fourth-order valence-corrected chi connectivity index (χ4v) is 5.54. The van der Waals surface area contributed by atoms with Crippen molar-refractivity contribution in [2.24, 2.45) is 5.92 Å². The Hall–Kier alpha value is -2.85. The van der Waals surface area contributed by atoms with Crippen LogP contribution in [-0.4, -0.2) is 35.7 Å². The molecule has 3 aromatic rings. The zero-order chi connectivity index (χ0) is 22.9. The van der Waals surface area contributed by atoms with E-state index in [-0.39, 0.29) is 23.4 Å². The molecular formula is C29H32FNO2. The molecule has 0 radical (unpaired) electrons. The fourth-order valence-electron chi connectivity index (χ4n) is 5.54. The Bertz CT molecular complexity index is 1100.